The van der Waals surface area contributed by atoms with Crippen molar-refractivity contribution < 1.29 is 21.6 Å². The fraction of sp³-hybridized carbons (Fsp3) is 0.611. The molecule has 0 heterocycles. The van der Waals surface area contributed by atoms with Gasteiger partial charge in [0, 0.05) is 18.5 Å². The van der Waals surface area contributed by atoms with Gasteiger partial charge in [0.2, 0.25) is 10.0 Å². The van der Waals surface area contributed by atoms with E-state index in [1.165, 1.54) is 0 Å². The number of sulfone groups is 1. The highest BCUT2D eigenvalue weighted by atomic mass is 32.2. The lowest BCUT2D eigenvalue weighted by Crippen LogP contribution is -2.30. The van der Waals surface area contributed by atoms with Crippen molar-refractivity contribution in [1.82, 2.24) is 0 Å². The Bertz CT molecular complexity index is 804. The zero-order chi connectivity index (χ0) is 20.0. The van der Waals surface area contributed by atoms with Crippen LogP contribution in [0.15, 0.2) is 24.3 Å². The summed E-state index contributed by atoms with van der Waals surface area (Å²) in [5.41, 5.74) is 1.29. The largest absolute Gasteiger partial charge is 0.299 e. The molecular weight excluding hydrogens is 374 g/mol. The predicted octanol–water partition coefficient (Wildman–Crippen LogP) is 2.94. The highest BCUT2D eigenvalue weighted by Gasteiger charge is 2.27. The number of nitrogens with one attached hydrogen (secondary N) is 1. The van der Waals surface area contributed by atoms with Gasteiger partial charge in [-0.05, 0) is 51.3 Å². The van der Waals surface area contributed by atoms with Crippen LogP contribution in [0.3, 0.4) is 0 Å². The van der Waals surface area contributed by atoms with Crippen LogP contribution in [0.25, 0.3) is 0 Å². The molecular formula is C18H29NO5S2. The normalized spacial score (nSPS) is 12.8. The van der Waals surface area contributed by atoms with Gasteiger partial charge in [-0.1, -0.05) is 18.6 Å². The van der Waals surface area contributed by atoms with Crippen molar-refractivity contribution in [1.29, 1.82) is 0 Å². The molecule has 26 heavy (non-hydrogen) atoms. The van der Waals surface area contributed by atoms with Gasteiger partial charge in [0.1, 0.15) is 5.78 Å². The number of anilines is 1. The Labute approximate surface area is 157 Å². The minimum absolute atomic E-state index is 0.0903. The van der Waals surface area contributed by atoms with E-state index in [0.29, 0.717) is 37.8 Å². The summed E-state index contributed by atoms with van der Waals surface area (Å²) in [7, 11) is -6.41. The first kappa shape index (κ1) is 22.6. The molecule has 0 atom stereocenters. The summed E-state index contributed by atoms with van der Waals surface area (Å²) in [5.74, 6) is 0.243. The molecule has 0 aliphatic rings. The maximum atomic E-state index is 12.0. The first-order valence-electron chi connectivity index (χ1n) is 8.61. The molecule has 1 N–H and O–H groups in total. The summed E-state index contributed by atoms with van der Waals surface area (Å²) in [5, 5.41) is 0. The molecule has 1 rings (SSSR count). The molecule has 0 amide bonds. The second kappa shape index (κ2) is 8.99. The van der Waals surface area contributed by atoms with E-state index in [1.54, 1.807) is 45.0 Å². The number of rotatable bonds is 10. The first-order chi connectivity index (χ1) is 11.8. The molecule has 0 saturated heterocycles. The van der Waals surface area contributed by atoms with E-state index in [2.05, 4.69) is 4.72 Å². The number of hydrogen-bond acceptors (Lipinski definition) is 5. The van der Waals surface area contributed by atoms with Crippen LogP contribution in [0.5, 0.6) is 0 Å². The third kappa shape index (κ3) is 8.31. The van der Waals surface area contributed by atoms with Gasteiger partial charge in [0.25, 0.3) is 0 Å². The van der Waals surface area contributed by atoms with Crippen molar-refractivity contribution in [3.05, 3.63) is 29.8 Å². The van der Waals surface area contributed by atoms with Crippen LogP contribution in [-0.2, 0) is 31.1 Å². The van der Waals surface area contributed by atoms with E-state index in [1.807, 2.05) is 0 Å². The average molecular weight is 404 g/mol. The Kier molecular flexibility index (Phi) is 7.83. The van der Waals surface area contributed by atoms with Gasteiger partial charge in [0.15, 0.2) is 9.84 Å². The Balaban J connectivity index is 2.35. The van der Waals surface area contributed by atoms with Crippen LogP contribution in [0.2, 0.25) is 0 Å². The summed E-state index contributed by atoms with van der Waals surface area (Å²) in [6.45, 7) is 5.09. The van der Waals surface area contributed by atoms with Gasteiger partial charge < -0.3 is 0 Å². The number of carbonyl (C=O) groups is 1. The van der Waals surface area contributed by atoms with E-state index >= 15 is 0 Å². The van der Waals surface area contributed by atoms with E-state index in [-0.39, 0.29) is 11.5 Å². The first-order valence-corrected chi connectivity index (χ1v) is 12.2. The molecule has 0 spiro atoms. The van der Waals surface area contributed by atoms with Crippen molar-refractivity contribution in [2.45, 2.75) is 57.6 Å². The van der Waals surface area contributed by atoms with E-state index < -0.39 is 24.6 Å². The second-order valence-electron chi connectivity index (χ2n) is 7.53. The van der Waals surface area contributed by atoms with E-state index in [4.69, 9.17) is 0 Å². The molecule has 148 valence electrons. The fourth-order valence-corrected chi connectivity index (χ4v) is 4.08. The van der Waals surface area contributed by atoms with Crippen molar-refractivity contribution in [3.63, 3.8) is 0 Å². The van der Waals surface area contributed by atoms with Gasteiger partial charge in [0.05, 0.1) is 16.8 Å². The lowest BCUT2D eigenvalue weighted by molar-refractivity contribution is -0.118. The van der Waals surface area contributed by atoms with Crippen molar-refractivity contribution in [3.8, 4) is 0 Å². The van der Waals surface area contributed by atoms with Gasteiger partial charge in [-0.2, -0.15) is 0 Å². The van der Waals surface area contributed by atoms with Gasteiger partial charge in [-0.25, -0.2) is 16.8 Å². The molecule has 0 unspecified atom stereocenters. The Morgan fingerprint density at radius 2 is 1.54 bits per heavy atom. The highest BCUT2D eigenvalue weighted by Crippen LogP contribution is 2.18. The second-order valence-corrected chi connectivity index (χ2v) is 12.1. The number of hydrogen-bond donors (Lipinski definition) is 1. The van der Waals surface area contributed by atoms with Crippen LogP contribution >= 0.6 is 0 Å². The number of sulfonamides is 1. The Hall–Kier alpha value is -1.41. The molecule has 0 bridgehead atoms. The third-order valence-electron chi connectivity index (χ3n) is 3.96. The van der Waals surface area contributed by atoms with Crippen LogP contribution in [0, 0.1) is 0 Å². The minimum Gasteiger partial charge on any atom is -0.299 e. The van der Waals surface area contributed by atoms with Gasteiger partial charge in [-0.3, -0.25) is 9.52 Å². The smallest absolute Gasteiger partial charge is 0.229 e. The molecule has 1 aromatic rings. The summed E-state index contributed by atoms with van der Waals surface area (Å²) < 4.78 is 47.9. The molecule has 0 aliphatic heterocycles. The highest BCUT2D eigenvalue weighted by molar-refractivity contribution is 7.92. The topological polar surface area (TPSA) is 97.4 Å². The third-order valence-corrected chi connectivity index (χ3v) is 7.26. The van der Waals surface area contributed by atoms with E-state index in [9.17, 15) is 21.6 Å². The number of carbonyl (C=O) groups excluding carboxylic acids is 1. The van der Waals surface area contributed by atoms with Gasteiger partial charge >= 0.3 is 0 Å². The molecule has 0 radical (unpaired) electrons. The zero-order valence-electron chi connectivity index (χ0n) is 15.9. The van der Waals surface area contributed by atoms with E-state index in [0.717, 1.165) is 11.8 Å². The van der Waals surface area contributed by atoms with Crippen molar-refractivity contribution in [2.24, 2.45) is 0 Å². The van der Waals surface area contributed by atoms with Crippen LogP contribution in [0.4, 0.5) is 5.69 Å². The summed E-state index contributed by atoms with van der Waals surface area (Å²) >= 11 is 0. The van der Waals surface area contributed by atoms with Crippen molar-refractivity contribution >= 4 is 31.3 Å². The number of Topliss-reactive ketones (excluding diaryl/α,β-unsaturated/α-hetero) is 1. The molecule has 8 heteroatoms. The Morgan fingerprint density at radius 3 is 2.04 bits per heavy atom. The monoisotopic (exact) mass is 403 g/mol. The SMILES string of the molecule is CC(C)(C)S(=O)(=O)CCCCCC(=O)Cc1ccc(NS(C)(=O)=O)cc1. The fourth-order valence-electron chi connectivity index (χ4n) is 2.32. The molecule has 0 aromatic heterocycles. The number of unbranched alkanes of at least 4 members (excludes halogenated alkanes) is 2. The molecule has 0 fully saturated rings. The average Bonchev–Trinajstić information content (AvgIpc) is 2.46. The number of benzene rings is 1. The lowest BCUT2D eigenvalue weighted by Gasteiger charge is -2.18. The predicted molar refractivity (Wildman–Crippen MR) is 106 cm³/mol. The standard InChI is InChI=1S/C18H29NO5S2/c1-18(2,3)26(23,24)13-7-5-6-8-17(20)14-15-9-11-16(12-10-15)19-25(4,21)22/h9-12,19H,5-8,13-14H2,1-4H3. The maximum absolute atomic E-state index is 12.0. The van der Waals surface area contributed by atoms with Crippen molar-refractivity contribution in [2.75, 3.05) is 16.7 Å². The summed E-state index contributed by atoms with van der Waals surface area (Å²) in [6.07, 6.45) is 3.73. The molecule has 1 aromatic carbocycles. The lowest BCUT2D eigenvalue weighted by atomic mass is 10.0. The van der Waals surface area contributed by atoms with Crippen LogP contribution in [0.1, 0.15) is 52.0 Å². The summed E-state index contributed by atoms with van der Waals surface area (Å²) in [4.78, 5) is 12.0. The van der Waals surface area contributed by atoms with Crippen LogP contribution < -0.4 is 4.72 Å². The zero-order valence-corrected chi connectivity index (χ0v) is 17.5. The quantitative estimate of drug-likeness (QED) is 0.606. The summed E-state index contributed by atoms with van der Waals surface area (Å²) in [6, 6.07) is 6.70. The van der Waals surface area contributed by atoms with Crippen LogP contribution in [-0.4, -0.2) is 39.4 Å². The Morgan fingerprint density at radius 1 is 0.962 bits per heavy atom. The molecule has 0 aliphatic carbocycles. The number of ketones is 1. The molecule has 0 saturated carbocycles. The molecule has 6 nitrogen and oxygen atoms in total. The minimum atomic E-state index is -3.31. The maximum Gasteiger partial charge on any atom is 0.229 e. The van der Waals surface area contributed by atoms with Gasteiger partial charge in [-0.15, -0.1) is 0 Å².